The molecule has 1 amide bonds. The molecule has 1 heterocycles. The second-order valence-corrected chi connectivity index (χ2v) is 2.97. The monoisotopic (exact) mass is 169 g/mol. The van der Waals surface area contributed by atoms with Gasteiger partial charge in [0.25, 0.3) is 0 Å². The molecule has 1 rings (SSSR count). The first kappa shape index (κ1) is 9.26. The van der Waals surface area contributed by atoms with Crippen LogP contribution < -0.4 is 0 Å². The molecule has 3 nitrogen and oxygen atoms in total. The summed E-state index contributed by atoms with van der Waals surface area (Å²) in [6, 6.07) is 0. The quantitative estimate of drug-likeness (QED) is 0.580. The highest BCUT2D eigenvalue weighted by Crippen LogP contribution is 2.15. The van der Waals surface area contributed by atoms with Crippen LogP contribution in [0.15, 0.2) is 12.7 Å². The Kier molecular flexibility index (Phi) is 3.29. The van der Waals surface area contributed by atoms with Gasteiger partial charge in [-0.2, -0.15) is 0 Å². The van der Waals surface area contributed by atoms with Crippen LogP contribution in [-0.2, 0) is 9.53 Å². The number of rotatable bonds is 2. The van der Waals surface area contributed by atoms with Crippen molar-refractivity contribution in [1.29, 1.82) is 0 Å². The third-order valence-electron chi connectivity index (χ3n) is 2.11. The number of ether oxygens (including phenoxy) is 1. The Labute approximate surface area is 73.0 Å². The van der Waals surface area contributed by atoms with Crippen molar-refractivity contribution in [3.63, 3.8) is 0 Å². The number of nitrogens with zero attached hydrogens (tertiary/aromatic N) is 1. The Bertz CT molecular complexity index is 173. The summed E-state index contributed by atoms with van der Waals surface area (Å²) in [5.41, 5.74) is 0. The molecule has 1 saturated heterocycles. The predicted octanol–water partition coefficient (Wildman–Crippen LogP) is 1.16. The molecule has 0 saturated carbocycles. The molecule has 1 aliphatic heterocycles. The second-order valence-electron chi connectivity index (χ2n) is 2.97. The van der Waals surface area contributed by atoms with E-state index < -0.39 is 0 Å². The lowest BCUT2D eigenvalue weighted by Gasteiger charge is -2.30. The highest BCUT2D eigenvalue weighted by molar-refractivity contribution is 5.86. The molecule has 0 aromatic carbocycles. The van der Waals surface area contributed by atoms with E-state index in [9.17, 15) is 4.79 Å². The van der Waals surface area contributed by atoms with E-state index in [1.54, 1.807) is 11.9 Å². The van der Waals surface area contributed by atoms with Crippen molar-refractivity contribution >= 4 is 5.91 Å². The summed E-state index contributed by atoms with van der Waals surface area (Å²) in [6.45, 7) is 4.19. The molecule has 68 valence electrons. The predicted molar refractivity (Wildman–Crippen MR) is 46.6 cm³/mol. The van der Waals surface area contributed by atoms with Crippen molar-refractivity contribution in [2.45, 2.75) is 25.5 Å². The van der Waals surface area contributed by atoms with Gasteiger partial charge in [-0.05, 0) is 25.3 Å². The van der Waals surface area contributed by atoms with Crippen molar-refractivity contribution in [1.82, 2.24) is 4.90 Å². The molecule has 1 unspecified atom stereocenters. The highest BCUT2D eigenvalue weighted by Gasteiger charge is 2.20. The number of hydrogen-bond acceptors (Lipinski definition) is 2. The van der Waals surface area contributed by atoms with Gasteiger partial charge in [-0.1, -0.05) is 6.58 Å². The lowest BCUT2D eigenvalue weighted by molar-refractivity contribution is -0.142. The van der Waals surface area contributed by atoms with E-state index in [0.29, 0.717) is 0 Å². The molecule has 0 aromatic heterocycles. The lowest BCUT2D eigenvalue weighted by Crippen LogP contribution is -2.39. The van der Waals surface area contributed by atoms with Gasteiger partial charge in [0.05, 0.1) is 0 Å². The normalized spacial score (nSPS) is 23.2. The summed E-state index contributed by atoms with van der Waals surface area (Å²) in [5.74, 6) is -0.0677. The lowest BCUT2D eigenvalue weighted by atomic mass is 10.2. The van der Waals surface area contributed by atoms with E-state index in [4.69, 9.17) is 4.74 Å². The smallest absolute Gasteiger partial charge is 0.247 e. The van der Waals surface area contributed by atoms with E-state index in [1.165, 1.54) is 6.08 Å². The summed E-state index contributed by atoms with van der Waals surface area (Å²) in [5, 5.41) is 0. The molecule has 0 aliphatic carbocycles. The molecular formula is C9H15NO2. The first-order valence-corrected chi connectivity index (χ1v) is 4.26. The molecule has 0 N–H and O–H groups in total. The van der Waals surface area contributed by atoms with E-state index in [0.717, 1.165) is 25.9 Å². The third kappa shape index (κ3) is 2.08. The zero-order valence-electron chi connectivity index (χ0n) is 7.45. The molecule has 0 bridgehead atoms. The van der Waals surface area contributed by atoms with E-state index >= 15 is 0 Å². The fourth-order valence-electron chi connectivity index (χ4n) is 1.32. The summed E-state index contributed by atoms with van der Waals surface area (Å²) in [4.78, 5) is 12.7. The van der Waals surface area contributed by atoms with Crippen LogP contribution >= 0.6 is 0 Å². The van der Waals surface area contributed by atoms with Crippen molar-refractivity contribution in [3.05, 3.63) is 12.7 Å². The molecule has 1 fully saturated rings. The maximum absolute atomic E-state index is 11.1. The van der Waals surface area contributed by atoms with Gasteiger partial charge in [-0.15, -0.1) is 0 Å². The molecule has 1 atom stereocenters. The maximum atomic E-state index is 11.1. The Morgan fingerprint density at radius 2 is 2.42 bits per heavy atom. The molecule has 3 heteroatoms. The van der Waals surface area contributed by atoms with Gasteiger partial charge in [0.1, 0.15) is 6.23 Å². The number of hydrogen-bond donors (Lipinski definition) is 0. The summed E-state index contributed by atoms with van der Waals surface area (Å²) < 4.78 is 5.42. The zero-order chi connectivity index (χ0) is 8.97. The van der Waals surface area contributed by atoms with Crippen molar-refractivity contribution < 1.29 is 9.53 Å². The number of carbonyl (C=O) groups is 1. The Morgan fingerprint density at radius 3 is 2.92 bits per heavy atom. The van der Waals surface area contributed by atoms with E-state index in [2.05, 4.69) is 6.58 Å². The van der Waals surface area contributed by atoms with Crippen LogP contribution in [0.4, 0.5) is 0 Å². The molecule has 0 radical (unpaired) electrons. The van der Waals surface area contributed by atoms with Crippen LogP contribution in [0.1, 0.15) is 19.3 Å². The van der Waals surface area contributed by atoms with Crippen LogP contribution in [0, 0.1) is 0 Å². The van der Waals surface area contributed by atoms with Gasteiger partial charge in [0.15, 0.2) is 0 Å². The SMILES string of the molecule is C=CC(=O)N(C)C1CCCCO1. The van der Waals surface area contributed by atoms with Crippen molar-refractivity contribution in [3.8, 4) is 0 Å². The molecule has 12 heavy (non-hydrogen) atoms. The second kappa shape index (κ2) is 4.26. The minimum atomic E-state index is -0.0677. The molecule has 0 spiro atoms. The van der Waals surface area contributed by atoms with Gasteiger partial charge in [-0.25, -0.2) is 0 Å². The topological polar surface area (TPSA) is 29.5 Å². The van der Waals surface area contributed by atoms with Crippen LogP contribution in [0.25, 0.3) is 0 Å². The van der Waals surface area contributed by atoms with Crippen LogP contribution in [-0.4, -0.2) is 30.7 Å². The van der Waals surface area contributed by atoms with E-state index in [-0.39, 0.29) is 12.1 Å². The standard InChI is InChI=1S/C9H15NO2/c1-3-8(11)10(2)9-6-4-5-7-12-9/h3,9H,1,4-7H2,2H3. The molecule has 1 aliphatic rings. The average Bonchev–Trinajstić information content (AvgIpc) is 2.17. The van der Waals surface area contributed by atoms with Crippen LogP contribution in [0.2, 0.25) is 0 Å². The van der Waals surface area contributed by atoms with Crippen molar-refractivity contribution in [2.75, 3.05) is 13.7 Å². The summed E-state index contributed by atoms with van der Waals surface area (Å²) in [6.07, 6.45) is 4.46. The maximum Gasteiger partial charge on any atom is 0.247 e. The zero-order valence-corrected chi connectivity index (χ0v) is 7.45. The largest absolute Gasteiger partial charge is 0.358 e. The first-order valence-electron chi connectivity index (χ1n) is 4.26. The molecular weight excluding hydrogens is 154 g/mol. The average molecular weight is 169 g/mol. The third-order valence-corrected chi connectivity index (χ3v) is 2.11. The fourth-order valence-corrected chi connectivity index (χ4v) is 1.32. The van der Waals surface area contributed by atoms with E-state index in [1.807, 2.05) is 0 Å². The number of likely N-dealkylation sites (N-methyl/N-ethyl adjacent to an activating group) is 1. The number of amides is 1. The van der Waals surface area contributed by atoms with Crippen LogP contribution in [0.5, 0.6) is 0 Å². The van der Waals surface area contributed by atoms with Gasteiger partial charge >= 0.3 is 0 Å². The van der Waals surface area contributed by atoms with Gasteiger partial charge < -0.3 is 9.64 Å². The Morgan fingerprint density at radius 1 is 1.67 bits per heavy atom. The minimum absolute atomic E-state index is 0.0377. The molecule has 0 aromatic rings. The number of carbonyl (C=O) groups excluding carboxylic acids is 1. The van der Waals surface area contributed by atoms with Gasteiger partial charge in [-0.3, -0.25) is 4.79 Å². The van der Waals surface area contributed by atoms with Crippen molar-refractivity contribution in [2.24, 2.45) is 0 Å². The Balaban J connectivity index is 2.44. The van der Waals surface area contributed by atoms with Crippen LogP contribution in [0.3, 0.4) is 0 Å². The van der Waals surface area contributed by atoms with Gasteiger partial charge in [0, 0.05) is 13.7 Å². The first-order chi connectivity index (χ1) is 5.75. The fraction of sp³-hybridized carbons (Fsp3) is 0.667. The van der Waals surface area contributed by atoms with Gasteiger partial charge in [0.2, 0.25) is 5.91 Å². The minimum Gasteiger partial charge on any atom is -0.358 e. The highest BCUT2D eigenvalue weighted by atomic mass is 16.5. The Hall–Kier alpha value is -0.830. The summed E-state index contributed by atoms with van der Waals surface area (Å²) >= 11 is 0. The summed E-state index contributed by atoms with van der Waals surface area (Å²) in [7, 11) is 1.75.